The van der Waals surface area contributed by atoms with Crippen LogP contribution < -0.4 is 4.74 Å². The van der Waals surface area contributed by atoms with Crippen molar-refractivity contribution < 1.29 is 26.7 Å². The molecule has 0 saturated carbocycles. The maximum absolute atomic E-state index is 15.4. The van der Waals surface area contributed by atoms with Crippen LogP contribution in [0.25, 0.3) is 22.3 Å². The van der Waals surface area contributed by atoms with Crippen LogP contribution in [0.4, 0.5) is 22.0 Å². The van der Waals surface area contributed by atoms with Crippen LogP contribution in [0.15, 0.2) is 48.5 Å². The Morgan fingerprint density at radius 3 is 2.31 bits per heavy atom. The summed E-state index contributed by atoms with van der Waals surface area (Å²) in [7, 11) is 0. The SMILES string of the molecule is CCCCCCc1ccc2c(c1)Cc1c-2cc(F)c(-c2ccc(OC(F)(F)F)cc2)c1F. The summed E-state index contributed by atoms with van der Waals surface area (Å²) in [5, 5.41) is 0. The third-order valence-electron chi connectivity index (χ3n) is 5.84. The summed E-state index contributed by atoms with van der Waals surface area (Å²) in [6.07, 6.45) is 1.13. The van der Waals surface area contributed by atoms with Gasteiger partial charge in [-0.25, -0.2) is 8.78 Å². The van der Waals surface area contributed by atoms with E-state index in [1.54, 1.807) is 0 Å². The number of benzene rings is 3. The smallest absolute Gasteiger partial charge is 0.406 e. The number of ether oxygens (including phenoxy) is 1. The topological polar surface area (TPSA) is 9.23 Å². The second kappa shape index (κ2) is 8.93. The number of fused-ring (bicyclic) bond motifs is 3. The minimum Gasteiger partial charge on any atom is -0.406 e. The fourth-order valence-corrected chi connectivity index (χ4v) is 4.32. The Kier molecular flexibility index (Phi) is 6.22. The Balaban J connectivity index is 1.61. The first kappa shape index (κ1) is 22.3. The average molecular weight is 446 g/mol. The minimum atomic E-state index is -4.83. The Hall–Kier alpha value is -2.89. The summed E-state index contributed by atoms with van der Waals surface area (Å²) in [6.45, 7) is 2.17. The first-order chi connectivity index (χ1) is 15.3. The zero-order valence-corrected chi connectivity index (χ0v) is 17.7. The van der Waals surface area contributed by atoms with Crippen LogP contribution in [0.2, 0.25) is 0 Å². The highest BCUT2D eigenvalue weighted by atomic mass is 19.4. The van der Waals surface area contributed by atoms with E-state index >= 15 is 4.39 Å². The van der Waals surface area contributed by atoms with E-state index in [0.717, 1.165) is 36.1 Å². The van der Waals surface area contributed by atoms with Gasteiger partial charge in [0.2, 0.25) is 0 Å². The molecule has 0 heterocycles. The quantitative estimate of drug-likeness (QED) is 0.205. The molecule has 1 aliphatic rings. The van der Waals surface area contributed by atoms with Crippen molar-refractivity contribution in [2.75, 3.05) is 0 Å². The van der Waals surface area contributed by atoms with E-state index in [0.29, 0.717) is 17.5 Å². The van der Waals surface area contributed by atoms with Gasteiger partial charge < -0.3 is 4.74 Å². The summed E-state index contributed by atoms with van der Waals surface area (Å²) in [5.74, 6) is -1.87. The highest BCUT2D eigenvalue weighted by Crippen LogP contribution is 2.43. The van der Waals surface area contributed by atoms with Crippen LogP contribution in [0, 0.1) is 11.6 Å². The number of hydrogen-bond donors (Lipinski definition) is 0. The zero-order valence-electron chi connectivity index (χ0n) is 17.7. The molecular weight excluding hydrogens is 423 g/mol. The van der Waals surface area contributed by atoms with Crippen LogP contribution in [0.3, 0.4) is 0 Å². The van der Waals surface area contributed by atoms with Gasteiger partial charge in [-0.2, -0.15) is 0 Å². The predicted molar refractivity (Wildman–Crippen MR) is 115 cm³/mol. The van der Waals surface area contributed by atoms with Gasteiger partial charge in [-0.3, -0.25) is 0 Å². The van der Waals surface area contributed by atoms with Gasteiger partial charge in [-0.15, -0.1) is 13.2 Å². The van der Waals surface area contributed by atoms with Crippen molar-refractivity contribution in [1.82, 2.24) is 0 Å². The molecule has 3 aromatic carbocycles. The van der Waals surface area contributed by atoms with Crippen molar-refractivity contribution in [2.45, 2.75) is 51.8 Å². The molecule has 1 nitrogen and oxygen atoms in total. The molecule has 0 N–H and O–H groups in total. The van der Waals surface area contributed by atoms with Gasteiger partial charge in [-0.1, -0.05) is 56.5 Å². The van der Waals surface area contributed by atoms with Crippen molar-refractivity contribution in [3.63, 3.8) is 0 Å². The Morgan fingerprint density at radius 1 is 0.875 bits per heavy atom. The summed E-state index contributed by atoms with van der Waals surface area (Å²) in [5.41, 5.74) is 3.85. The van der Waals surface area contributed by atoms with Crippen LogP contribution in [0.1, 0.15) is 49.3 Å². The van der Waals surface area contributed by atoms with Crippen LogP contribution in [-0.4, -0.2) is 6.36 Å². The Bertz CT molecular complexity index is 1120. The van der Waals surface area contributed by atoms with E-state index in [1.807, 2.05) is 12.1 Å². The second-order valence-corrected chi connectivity index (χ2v) is 8.12. The highest BCUT2D eigenvalue weighted by Gasteiger charge is 2.31. The predicted octanol–water partition coefficient (Wildman–Crippen LogP) is 8.22. The van der Waals surface area contributed by atoms with Crippen molar-refractivity contribution in [1.29, 1.82) is 0 Å². The van der Waals surface area contributed by atoms with Crippen LogP contribution in [0.5, 0.6) is 5.75 Å². The van der Waals surface area contributed by atoms with Crippen molar-refractivity contribution >= 4 is 0 Å². The monoisotopic (exact) mass is 446 g/mol. The lowest BCUT2D eigenvalue weighted by Crippen LogP contribution is -2.16. The van der Waals surface area contributed by atoms with Crippen molar-refractivity contribution in [3.8, 4) is 28.0 Å². The fourth-order valence-electron chi connectivity index (χ4n) is 4.32. The lowest BCUT2D eigenvalue weighted by atomic mass is 9.97. The number of rotatable bonds is 7. The third kappa shape index (κ3) is 4.64. The van der Waals surface area contributed by atoms with E-state index in [-0.39, 0.29) is 11.1 Å². The van der Waals surface area contributed by atoms with Crippen molar-refractivity contribution in [3.05, 3.63) is 76.9 Å². The largest absolute Gasteiger partial charge is 0.573 e. The number of unbranched alkanes of at least 4 members (excludes halogenated alkanes) is 3. The molecule has 1 aliphatic carbocycles. The highest BCUT2D eigenvalue weighted by molar-refractivity contribution is 5.81. The van der Waals surface area contributed by atoms with Gasteiger partial charge in [0, 0.05) is 12.0 Å². The molecule has 0 aromatic heterocycles. The molecule has 6 heteroatoms. The molecule has 168 valence electrons. The van der Waals surface area contributed by atoms with Crippen LogP contribution >= 0.6 is 0 Å². The molecule has 0 unspecified atom stereocenters. The molecule has 0 bridgehead atoms. The number of aryl methyl sites for hydroxylation is 1. The number of halogens is 5. The average Bonchev–Trinajstić information content (AvgIpc) is 3.09. The Morgan fingerprint density at radius 2 is 1.62 bits per heavy atom. The molecule has 0 amide bonds. The first-order valence-corrected chi connectivity index (χ1v) is 10.8. The van der Waals surface area contributed by atoms with Crippen molar-refractivity contribution in [2.24, 2.45) is 0 Å². The number of hydrogen-bond acceptors (Lipinski definition) is 1. The van der Waals surface area contributed by atoms with Gasteiger partial charge >= 0.3 is 6.36 Å². The van der Waals surface area contributed by atoms with E-state index < -0.39 is 23.7 Å². The van der Waals surface area contributed by atoms with E-state index in [2.05, 4.69) is 17.7 Å². The molecule has 0 saturated heterocycles. The van der Waals surface area contributed by atoms with Gasteiger partial charge in [-0.05, 0) is 58.9 Å². The van der Waals surface area contributed by atoms with Gasteiger partial charge in [0.1, 0.15) is 17.4 Å². The lowest BCUT2D eigenvalue weighted by molar-refractivity contribution is -0.274. The molecule has 4 rings (SSSR count). The van der Waals surface area contributed by atoms with E-state index in [9.17, 15) is 17.6 Å². The summed E-state index contributed by atoms with van der Waals surface area (Å²) in [6, 6.07) is 11.9. The molecule has 3 aromatic rings. The molecule has 0 fully saturated rings. The molecule has 32 heavy (non-hydrogen) atoms. The molecule has 0 radical (unpaired) electrons. The molecule has 0 spiro atoms. The maximum atomic E-state index is 15.4. The van der Waals surface area contributed by atoms with Crippen LogP contribution in [-0.2, 0) is 12.8 Å². The van der Waals surface area contributed by atoms with E-state index in [1.165, 1.54) is 43.0 Å². The van der Waals surface area contributed by atoms with E-state index in [4.69, 9.17) is 0 Å². The third-order valence-corrected chi connectivity index (χ3v) is 5.84. The lowest BCUT2D eigenvalue weighted by Gasteiger charge is -2.12. The number of alkyl halides is 3. The minimum absolute atomic E-state index is 0.157. The zero-order chi connectivity index (χ0) is 22.9. The van der Waals surface area contributed by atoms with Gasteiger partial charge in [0.05, 0.1) is 5.56 Å². The summed E-state index contributed by atoms with van der Waals surface area (Å²) in [4.78, 5) is 0. The second-order valence-electron chi connectivity index (χ2n) is 8.12. The maximum Gasteiger partial charge on any atom is 0.573 e. The standard InChI is InChI=1S/C26H23F5O/c1-2-3-4-5-6-16-7-12-20-18(13-16)14-22-21(20)15-23(27)24(25(22)28)17-8-10-19(11-9-17)32-26(29,30)31/h7-13,15H,2-6,14H2,1H3. The molecule has 0 atom stereocenters. The summed E-state index contributed by atoms with van der Waals surface area (Å²) < 4.78 is 71.2. The van der Waals surface area contributed by atoms with Gasteiger partial charge in [0.15, 0.2) is 0 Å². The fraction of sp³-hybridized carbons (Fsp3) is 0.308. The molecular formula is C26H23F5O. The Labute approximate surface area is 183 Å². The normalized spacial score (nSPS) is 12.6. The van der Waals surface area contributed by atoms with Gasteiger partial charge in [0.25, 0.3) is 0 Å². The molecule has 0 aliphatic heterocycles. The summed E-state index contributed by atoms with van der Waals surface area (Å²) >= 11 is 0. The first-order valence-electron chi connectivity index (χ1n) is 10.8.